The van der Waals surface area contributed by atoms with E-state index in [0.717, 1.165) is 10.5 Å². The third kappa shape index (κ3) is 3.60. The lowest BCUT2D eigenvalue weighted by molar-refractivity contribution is -0.137. The molecule has 0 radical (unpaired) electrons. The fourth-order valence-electron chi connectivity index (χ4n) is 3.22. The lowest BCUT2D eigenvalue weighted by Crippen LogP contribution is -2.43. The van der Waals surface area contributed by atoms with E-state index in [1.54, 1.807) is 57.3 Å². The third-order valence-corrected chi connectivity index (χ3v) is 5.10. The van der Waals surface area contributed by atoms with Crippen LogP contribution in [0.25, 0.3) is 0 Å². The van der Waals surface area contributed by atoms with Crippen molar-refractivity contribution in [1.29, 1.82) is 0 Å². The molecule has 1 aliphatic rings. The fourth-order valence-corrected chi connectivity index (χ4v) is 3.22. The summed E-state index contributed by atoms with van der Waals surface area (Å²) in [7, 11) is 1.60. The summed E-state index contributed by atoms with van der Waals surface area (Å²) in [5.41, 5.74) is 1.37. The first-order valence-corrected chi connectivity index (χ1v) is 9.02. The van der Waals surface area contributed by atoms with Crippen LogP contribution >= 0.6 is 0 Å². The van der Waals surface area contributed by atoms with Gasteiger partial charge in [0.15, 0.2) is 0 Å². The lowest BCUT2D eigenvalue weighted by Gasteiger charge is -2.27. The number of carbonyl (C=O) groups is 3. The Hall–Kier alpha value is -3.22. The number of para-hydroxylation sites is 1. The minimum absolute atomic E-state index is 0.330. The molecule has 2 aromatic carbocycles. The van der Waals surface area contributed by atoms with Crippen LogP contribution in [0.3, 0.4) is 0 Å². The van der Waals surface area contributed by atoms with Crippen LogP contribution in [0.1, 0.15) is 25.5 Å². The normalized spacial score (nSPS) is 17.8. The number of imide groups is 1. The van der Waals surface area contributed by atoms with Crippen molar-refractivity contribution in [1.82, 2.24) is 9.80 Å². The molecule has 0 saturated carbocycles. The summed E-state index contributed by atoms with van der Waals surface area (Å²) in [6.07, 6.45) is 0. The summed E-state index contributed by atoms with van der Waals surface area (Å²) in [6, 6.07) is 13.2. The summed E-state index contributed by atoms with van der Waals surface area (Å²) >= 11 is 0. The minimum atomic E-state index is -0.678. The van der Waals surface area contributed by atoms with E-state index in [9.17, 15) is 18.8 Å². The fraction of sp³-hybridized carbons (Fsp3) is 0.286. The van der Waals surface area contributed by atoms with Crippen LogP contribution in [0, 0.1) is 5.82 Å². The first kappa shape index (κ1) is 19.5. The Kier molecular flexibility index (Phi) is 5.44. The Balaban J connectivity index is 1.73. The van der Waals surface area contributed by atoms with Gasteiger partial charge in [-0.05, 0) is 43.7 Å². The zero-order valence-electron chi connectivity index (χ0n) is 16.0. The van der Waals surface area contributed by atoms with E-state index in [2.05, 4.69) is 0 Å². The van der Waals surface area contributed by atoms with Crippen LogP contribution in [0.2, 0.25) is 0 Å². The van der Waals surface area contributed by atoms with Gasteiger partial charge < -0.3 is 4.90 Å². The zero-order valence-corrected chi connectivity index (χ0v) is 16.0. The SMILES string of the molecule is C[C@@H](c1ccc(F)cc1)N(C)C(=O)CN1C(=O)[C@H](C)N(c2ccccc2)C1=O. The molecule has 4 amide bonds. The highest BCUT2D eigenvalue weighted by Crippen LogP contribution is 2.26. The third-order valence-electron chi connectivity index (χ3n) is 5.10. The second-order valence-corrected chi connectivity index (χ2v) is 6.82. The number of carbonyl (C=O) groups excluding carboxylic acids is 3. The van der Waals surface area contributed by atoms with E-state index in [0.29, 0.717) is 5.69 Å². The van der Waals surface area contributed by atoms with Crippen LogP contribution in [0.4, 0.5) is 14.9 Å². The summed E-state index contributed by atoms with van der Waals surface area (Å²) in [4.78, 5) is 41.9. The highest BCUT2D eigenvalue weighted by Gasteiger charge is 2.44. The van der Waals surface area contributed by atoms with E-state index in [1.807, 2.05) is 6.07 Å². The molecule has 1 saturated heterocycles. The van der Waals surface area contributed by atoms with Crippen molar-refractivity contribution in [3.05, 3.63) is 66.0 Å². The number of amides is 4. The summed E-state index contributed by atoms with van der Waals surface area (Å²) in [6.45, 7) is 3.10. The molecule has 0 unspecified atom stereocenters. The van der Waals surface area contributed by atoms with Crippen LogP contribution in [-0.4, -0.2) is 47.3 Å². The molecule has 7 heteroatoms. The molecule has 0 bridgehead atoms. The Morgan fingerprint density at radius 1 is 1.11 bits per heavy atom. The minimum Gasteiger partial charge on any atom is -0.337 e. The van der Waals surface area contributed by atoms with Gasteiger partial charge in [0.25, 0.3) is 5.91 Å². The van der Waals surface area contributed by atoms with Crippen LogP contribution in [0.5, 0.6) is 0 Å². The second-order valence-electron chi connectivity index (χ2n) is 6.82. The molecule has 0 N–H and O–H groups in total. The van der Waals surface area contributed by atoms with E-state index < -0.39 is 18.0 Å². The van der Waals surface area contributed by atoms with E-state index in [1.165, 1.54) is 21.9 Å². The number of likely N-dealkylation sites (N-methyl/N-ethyl adjacent to an activating group) is 1. The second kappa shape index (κ2) is 7.80. The molecule has 1 heterocycles. The molecule has 1 fully saturated rings. The Labute approximate surface area is 163 Å². The number of hydrogen-bond acceptors (Lipinski definition) is 3. The van der Waals surface area contributed by atoms with Crippen molar-refractivity contribution in [2.75, 3.05) is 18.5 Å². The number of rotatable bonds is 5. The van der Waals surface area contributed by atoms with Gasteiger partial charge in [0.2, 0.25) is 5.91 Å². The zero-order chi connectivity index (χ0) is 20.4. The smallest absolute Gasteiger partial charge is 0.332 e. The van der Waals surface area contributed by atoms with Gasteiger partial charge in [0.1, 0.15) is 18.4 Å². The van der Waals surface area contributed by atoms with Crippen LogP contribution < -0.4 is 4.90 Å². The van der Waals surface area contributed by atoms with Gasteiger partial charge in [-0.2, -0.15) is 0 Å². The molecule has 0 spiro atoms. The van der Waals surface area contributed by atoms with Gasteiger partial charge >= 0.3 is 6.03 Å². The van der Waals surface area contributed by atoms with Crippen molar-refractivity contribution < 1.29 is 18.8 Å². The number of hydrogen-bond donors (Lipinski definition) is 0. The highest BCUT2D eigenvalue weighted by molar-refractivity contribution is 6.15. The van der Waals surface area contributed by atoms with E-state index in [-0.39, 0.29) is 24.3 Å². The topological polar surface area (TPSA) is 60.9 Å². The average Bonchev–Trinajstić information content (AvgIpc) is 2.91. The van der Waals surface area contributed by atoms with Crippen LogP contribution in [-0.2, 0) is 9.59 Å². The largest absolute Gasteiger partial charge is 0.337 e. The van der Waals surface area contributed by atoms with Gasteiger partial charge in [0, 0.05) is 12.7 Å². The van der Waals surface area contributed by atoms with Gasteiger partial charge in [-0.1, -0.05) is 30.3 Å². The Morgan fingerprint density at radius 3 is 2.32 bits per heavy atom. The van der Waals surface area contributed by atoms with Crippen molar-refractivity contribution in [3.8, 4) is 0 Å². The van der Waals surface area contributed by atoms with Crippen LogP contribution in [0.15, 0.2) is 54.6 Å². The molecule has 0 aromatic heterocycles. The molecule has 146 valence electrons. The first-order valence-electron chi connectivity index (χ1n) is 9.02. The monoisotopic (exact) mass is 383 g/mol. The molecule has 1 aliphatic heterocycles. The predicted octanol–water partition coefficient (Wildman–Crippen LogP) is 3.20. The Morgan fingerprint density at radius 2 is 1.71 bits per heavy atom. The quantitative estimate of drug-likeness (QED) is 0.745. The highest BCUT2D eigenvalue weighted by atomic mass is 19.1. The van der Waals surface area contributed by atoms with E-state index in [4.69, 9.17) is 0 Å². The molecular weight excluding hydrogens is 361 g/mol. The number of benzene rings is 2. The number of nitrogens with zero attached hydrogens (tertiary/aromatic N) is 3. The van der Waals surface area contributed by atoms with Gasteiger partial charge in [-0.25, -0.2) is 9.18 Å². The van der Waals surface area contributed by atoms with E-state index >= 15 is 0 Å². The first-order chi connectivity index (χ1) is 13.3. The predicted molar refractivity (Wildman–Crippen MR) is 103 cm³/mol. The molecule has 3 rings (SSSR count). The summed E-state index contributed by atoms with van der Waals surface area (Å²) < 4.78 is 13.1. The standard InChI is InChI=1S/C21H22FN3O3/c1-14(16-9-11-17(22)12-10-16)23(3)19(26)13-24-20(27)15(2)25(21(24)28)18-7-5-4-6-8-18/h4-12,14-15H,13H2,1-3H3/t14-,15-/m0/s1. The Bertz CT molecular complexity index is 886. The van der Waals surface area contributed by atoms with Gasteiger partial charge in [-0.3, -0.25) is 19.4 Å². The number of halogens is 1. The maximum absolute atomic E-state index is 13.1. The summed E-state index contributed by atoms with van der Waals surface area (Å²) in [5, 5.41) is 0. The molecule has 2 aromatic rings. The van der Waals surface area contributed by atoms with Crippen molar-refractivity contribution in [3.63, 3.8) is 0 Å². The van der Waals surface area contributed by atoms with Crippen molar-refractivity contribution in [2.45, 2.75) is 25.9 Å². The maximum Gasteiger partial charge on any atom is 0.332 e. The lowest BCUT2D eigenvalue weighted by atomic mass is 10.1. The molecule has 6 nitrogen and oxygen atoms in total. The molecule has 2 atom stereocenters. The molecular formula is C21H22FN3O3. The number of anilines is 1. The van der Waals surface area contributed by atoms with Gasteiger partial charge in [-0.15, -0.1) is 0 Å². The molecule has 0 aliphatic carbocycles. The average molecular weight is 383 g/mol. The molecule has 28 heavy (non-hydrogen) atoms. The maximum atomic E-state index is 13.1. The van der Waals surface area contributed by atoms with Gasteiger partial charge in [0.05, 0.1) is 6.04 Å². The van der Waals surface area contributed by atoms with Crippen molar-refractivity contribution >= 4 is 23.5 Å². The number of urea groups is 1. The van der Waals surface area contributed by atoms with Crippen molar-refractivity contribution in [2.24, 2.45) is 0 Å². The summed E-state index contributed by atoms with van der Waals surface area (Å²) in [5.74, 6) is -1.14.